The zero-order valence-corrected chi connectivity index (χ0v) is 12.4. The largest absolute Gasteiger partial charge is 0.726 e. The zero-order valence-electron chi connectivity index (χ0n) is 11.6. The van der Waals surface area contributed by atoms with Crippen molar-refractivity contribution in [2.75, 3.05) is 13.2 Å². The van der Waals surface area contributed by atoms with Gasteiger partial charge >= 0.3 is 0 Å². The van der Waals surface area contributed by atoms with Crippen molar-refractivity contribution in [3.05, 3.63) is 0 Å². The van der Waals surface area contributed by atoms with E-state index >= 15 is 0 Å². The maximum absolute atomic E-state index is 10.5. The number of aliphatic hydroxyl groups excluding tert-OH is 6. The maximum Gasteiger partial charge on any atom is 0.218 e. The predicted molar refractivity (Wildman–Crippen MR) is 69.0 cm³/mol. The highest BCUT2D eigenvalue weighted by molar-refractivity contribution is 7.80. The molecule has 0 aromatic carbocycles. The molecule has 0 radical (unpaired) electrons. The van der Waals surface area contributed by atoms with Crippen molar-refractivity contribution < 1.29 is 47.8 Å². The summed E-state index contributed by atoms with van der Waals surface area (Å²) < 4.78 is 35.4. The van der Waals surface area contributed by atoms with Crippen molar-refractivity contribution in [1.82, 2.24) is 0 Å². The van der Waals surface area contributed by atoms with Crippen LogP contribution < -0.4 is 0 Å². The standard InChI is InChI=1S/C11H22O10S/c12-3-6-5(1-7(14)10(6)16)2-8(15)11(17)9(4-13)21-22(18,19)20/h5-17H,1-4H2,(H,18,19,20)/p-1/t5-,6-,7+,8+,9-,10+,11-/m0/s1. The van der Waals surface area contributed by atoms with Gasteiger partial charge in [-0.1, -0.05) is 0 Å². The summed E-state index contributed by atoms with van der Waals surface area (Å²) in [5.74, 6) is -1.25. The van der Waals surface area contributed by atoms with Crippen LogP contribution >= 0.6 is 0 Å². The molecule has 22 heavy (non-hydrogen) atoms. The summed E-state index contributed by atoms with van der Waals surface area (Å²) in [5.41, 5.74) is 0. The Morgan fingerprint density at radius 3 is 2.27 bits per heavy atom. The van der Waals surface area contributed by atoms with E-state index < -0.39 is 66.0 Å². The SMILES string of the molecule is O=S(=O)([O-])O[C@@H](CO)[C@@H](O)[C@H](O)C[C@@H]1C[C@@H](O)[C@H](O)[C@H]1CO. The Morgan fingerprint density at radius 2 is 1.82 bits per heavy atom. The van der Waals surface area contributed by atoms with Crippen LogP contribution in [-0.4, -0.2) is 87.3 Å². The molecule has 0 amide bonds. The Balaban J connectivity index is 2.68. The van der Waals surface area contributed by atoms with Crippen LogP contribution in [0.25, 0.3) is 0 Å². The number of hydrogen-bond acceptors (Lipinski definition) is 10. The third kappa shape index (κ3) is 5.08. The van der Waals surface area contributed by atoms with Gasteiger partial charge in [-0.3, -0.25) is 4.18 Å². The second-order valence-electron chi connectivity index (χ2n) is 5.42. The van der Waals surface area contributed by atoms with Gasteiger partial charge in [0.1, 0.15) is 12.2 Å². The lowest BCUT2D eigenvalue weighted by Crippen LogP contribution is -2.43. The van der Waals surface area contributed by atoms with Crippen molar-refractivity contribution in [2.24, 2.45) is 11.8 Å². The molecule has 0 aliphatic heterocycles. The minimum absolute atomic E-state index is 0.0701. The Hall–Kier alpha value is -0.370. The summed E-state index contributed by atoms with van der Waals surface area (Å²) in [6, 6.07) is 0. The zero-order chi connectivity index (χ0) is 17.1. The third-order valence-corrected chi connectivity index (χ3v) is 4.42. The molecule has 132 valence electrons. The fourth-order valence-electron chi connectivity index (χ4n) is 2.76. The summed E-state index contributed by atoms with van der Waals surface area (Å²) in [7, 11) is -5.18. The van der Waals surface area contributed by atoms with Crippen molar-refractivity contribution in [1.29, 1.82) is 0 Å². The summed E-state index contributed by atoms with van der Waals surface area (Å²) in [5, 5.41) is 56.9. The van der Waals surface area contributed by atoms with Gasteiger partial charge in [0.2, 0.25) is 10.4 Å². The van der Waals surface area contributed by atoms with E-state index in [-0.39, 0.29) is 12.8 Å². The highest BCUT2D eigenvalue weighted by atomic mass is 32.3. The van der Waals surface area contributed by atoms with E-state index in [1.807, 2.05) is 0 Å². The molecule has 0 bridgehead atoms. The van der Waals surface area contributed by atoms with Gasteiger partial charge in [0, 0.05) is 12.5 Å². The summed E-state index contributed by atoms with van der Waals surface area (Å²) >= 11 is 0. The van der Waals surface area contributed by atoms with Gasteiger partial charge < -0.3 is 35.2 Å². The van der Waals surface area contributed by atoms with Gasteiger partial charge in [0.15, 0.2) is 0 Å². The van der Waals surface area contributed by atoms with E-state index in [0.717, 1.165) is 0 Å². The van der Waals surface area contributed by atoms with Gasteiger partial charge in [-0.05, 0) is 18.8 Å². The van der Waals surface area contributed by atoms with Gasteiger partial charge in [0.05, 0.1) is 24.9 Å². The molecule has 1 aliphatic carbocycles. The summed E-state index contributed by atoms with van der Waals surface area (Å²) in [6.07, 6.45) is -7.68. The van der Waals surface area contributed by atoms with Crippen LogP contribution in [0.15, 0.2) is 0 Å². The monoisotopic (exact) mass is 345 g/mol. The van der Waals surface area contributed by atoms with E-state index in [1.165, 1.54) is 0 Å². The first-order chi connectivity index (χ1) is 10.1. The average Bonchev–Trinajstić information content (AvgIpc) is 2.68. The number of rotatable bonds is 8. The Bertz CT molecular complexity index is 440. The van der Waals surface area contributed by atoms with Crippen LogP contribution in [0.5, 0.6) is 0 Å². The molecule has 0 saturated heterocycles. The first-order valence-corrected chi connectivity index (χ1v) is 8.02. The Morgan fingerprint density at radius 1 is 1.23 bits per heavy atom. The molecular formula is C11H21O10S-. The van der Waals surface area contributed by atoms with Crippen LogP contribution in [0.2, 0.25) is 0 Å². The number of hydrogen-bond donors (Lipinski definition) is 6. The van der Waals surface area contributed by atoms with Crippen molar-refractivity contribution in [3.8, 4) is 0 Å². The lowest BCUT2D eigenvalue weighted by Gasteiger charge is -2.29. The molecule has 0 spiro atoms. The van der Waals surface area contributed by atoms with Crippen molar-refractivity contribution in [3.63, 3.8) is 0 Å². The molecule has 11 heteroatoms. The topological polar surface area (TPSA) is 188 Å². The van der Waals surface area contributed by atoms with Crippen LogP contribution in [0, 0.1) is 11.8 Å². The van der Waals surface area contributed by atoms with Crippen LogP contribution in [0.3, 0.4) is 0 Å². The fraction of sp³-hybridized carbons (Fsp3) is 1.00. The lowest BCUT2D eigenvalue weighted by molar-refractivity contribution is -0.0769. The minimum Gasteiger partial charge on any atom is -0.726 e. The molecule has 0 unspecified atom stereocenters. The first-order valence-electron chi connectivity index (χ1n) is 6.68. The Kier molecular flexibility index (Phi) is 7.11. The third-order valence-electron chi connectivity index (χ3n) is 3.93. The average molecular weight is 345 g/mol. The predicted octanol–water partition coefficient (Wildman–Crippen LogP) is -3.71. The second kappa shape index (κ2) is 7.95. The number of aliphatic hydroxyl groups is 6. The van der Waals surface area contributed by atoms with E-state index in [9.17, 15) is 38.5 Å². The van der Waals surface area contributed by atoms with Crippen LogP contribution in [-0.2, 0) is 14.6 Å². The minimum atomic E-state index is -5.18. The maximum atomic E-state index is 10.5. The van der Waals surface area contributed by atoms with Crippen molar-refractivity contribution in [2.45, 2.75) is 43.4 Å². The molecule has 0 aromatic heterocycles. The molecule has 7 atom stereocenters. The molecule has 6 N–H and O–H groups in total. The quantitative estimate of drug-likeness (QED) is 0.188. The Labute approximate surface area is 127 Å². The van der Waals surface area contributed by atoms with E-state index in [0.29, 0.717) is 0 Å². The molecule has 1 saturated carbocycles. The molecular weight excluding hydrogens is 324 g/mol. The van der Waals surface area contributed by atoms with E-state index in [4.69, 9.17) is 5.11 Å². The summed E-state index contributed by atoms with van der Waals surface area (Å²) in [4.78, 5) is 0. The smallest absolute Gasteiger partial charge is 0.218 e. The molecule has 1 aliphatic rings. The fourth-order valence-corrected chi connectivity index (χ4v) is 3.24. The lowest BCUT2D eigenvalue weighted by atomic mass is 9.88. The van der Waals surface area contributed by atoms with E-state index in [2.05, 4.69) is 4.18 Å². The van der Waals surface area contributed by atoms with Crippen LogP contribution in [0.4, 0.5) is 0 Å². The van der Waals surface area contributed by atoms with Gasteiger partial charge in [0.25, 0.3) is 0 Å². The van der Waals surface area contributed by atoms with Gasteiger partial charge in [-0.15, -0.1) is 0 Å². The normalized spacial score (nSPS) is 33.6. The van der Waals surface area contributed by atoms with Gasteiger partial charge in [-0.25, -0.2) is 8.42 Å². The highest BCUT2D eigenvalue weighted by Crippen LogP contribution is 2.36. The van der Waals surface area contributed by atoms with Crippen molar-refractivity contribution >= 4 is 10.4 Å². The molecule has 10 nitrogen and oxygen atoms in total. The summed E-state index contributed by atoms with van der Waals surface area (Å²) in [6.45, 7) is -1.46. The highest BCUT2D eigenvalue weighted by Gasteiger charge is 2.43. The van der Waals surface area contributed by atoms with E-state index in [1.54, 1.807) is 0 Å². The van der Waals surface area contributed by atoms with Gasteiger partial charge in [-0.2, -0.15) is 0 Å². The second-order valence-corrected chi connectivity index (χ2v) is 6.43. The van der Waals surface area contributed by atoms with Crippen LogP contribution in [0.1, 0.15) is 12.8 Å². The molecule has 0 aromatic rings. The first kappa shape index (κ1) is 19.7. The molecule has 1 rings (SSSR count). The molecule has 1 fully saturated rings. The molecule has 0 heterocycles.